The van der Waals surface area contributed by atoms with Crippen LogP contribution in [0.4, 0.5) is 5.95 Å². The molecule has 0 aliphatic heterocycles. The first kappa shape index (κ1) is 13.6. The minimum Gasteiger partial charge on any atom is -0.383 e. The van der Waals surface area contributed by atoms with Crippen molar-refractivity contribution in [2.75, 3.05) is 19.0 Å². The smallest absolute Gasteiger partial charge is 0.203 e. The molecule has 0 unspecified atom stereocenters. The first-order valence-electron chi connectivity index (χ1n) is 5.70. The van der Waals surface area contributed by atoms with Crippen LogP contribution in [0.25, 0.3) is 0 Å². The molecule has 2 rings (SSSR count). The van der Waals surface area contributed by atoms with Gasteiger partial charge >= 0.3 is 0 Å². The summed E-state index contributed by atoms with van der Waals surface area (Å²) in [7, 11) is 1.71. The predicted molar refractivity (Wildman–Crippen MR) is 78.2 cm³/mol. The van der Waals surface area contributed by atoms with E-state index in [1.165, 1.54) is 4.88 Å². The lowest BCUT2D eigenvalue weighted by atomic mass is 10.5. The van der Waals surface area contributed by atoms with E-state index in [9.17, 15) is 0 Å². The first-order valence-corrected chi connectivity index (χ1v) is 7.31. The molecule has 0 atom stereocenters. The molecule has 0 aliphatic carbocycles. The molecule has 6 heteroatoms. The summed E-state index contributed by atoms with van der Waals surface area (Å²) in [5, 5.41) is 3.36. The van der Waals surface area contributed by atoms with Gasteiger partial charge in [0.25, 0.3) is 0 Å². The average molecular weight is 330 g/mol. The van der Waals surface area contributed by atoms with Gasteiger partial charge in [0.05, 0.1) is 22.6 Å². The van der Waals surface area contributed by atoms with Crippen LogP contribution in [-0.2, 0) is 17.8 Å². The Balaban J connectivity index is 1.99. The number of nitrogens with zero attached hydrogens (tertiary/aromatic N) is 2. The maximum absolute atomic E-state index is 5.10. The van der Waals surface area contributed by atoms with Crippen LogP contribution in [0, 0.1) is 6.92 Å². The van der Waals surface area contributed by atoms with Gasteiger partial charge in [-0.1, -0.05) is 0 Å². The number of aromatic nitrogens is 2. The van der Waals surface area contributed by atoms with Gasteiger partial charge < -0.3 is 14.6 Å². The van der Waals surface area contributed by atoms with E-state index in [4.69, 9.17) is 4.74 Å². The number of anilines is 1. The van der Waals surface area contributed by atoms with Gasteiger partial charge in [-0.15, -0.1) is 11.3 Å². The third-order valence-electron chi connectivity index (χ3n) is 2.48. The van der Waals surface area contributed by atoms with Gasteiger partial charge in [0.15, 0.2) is 0 Å². The molecule has 0 aliphatic rings. The first-order chi connectivity index (χ1) is 8.69. The van der Waals surface area contributed by atoms with Gasteiger partial charge in [-0.2, -0.15) is 0 Å². The summed E-state index contributed by atoms with van der Waals surface area (Å²) in [6.07, 6.45) is 2.03. The number of methoxy groups -OCH3 is 1. The molecular formula is C12H16BrN3OS. The second kappa shape index (κ2) is 6.36. The highest BCUT2D eigenvalue weighted by Gasteiger charge is 2.05. The summed E-state index contributed by atoms with van der Waals surface area (Å²) in [6.45, 7) is 4.29. The Morgan fingerprint density at radius 1 is 1.50 bits per heavy atom. The lowest BCUT2D eigenvalue weighted by molar-refractivity contribution is 0.187. The summed E-state index contributed by atoms with van der Waals surface area (Å²) in [4.78, 5) is 5.75. The van der Waals surface area contributed by atoms with Crippen molar-refractivity contribution in [3.05, 3.63) is 32.7 Å². The number of ether oxygens (including phenoxy) is 1. The average Bonchev–Trinajstić information content (AvgIpc) is 2.90. The molecule has 0 saturated heterocycles. The van der Waals surface area contributed by atoms with E-state index in [0.29, 0.717) is 6.61 Å². The Kier molecular flexibility index (Phi) is 4.79. The molecule has 18 heavy (non-hydrogen) atoms. The van der Waals surface area contributed by atoms with E-state index in [2.05, 4.69) is 42.9 Å². The molecule has 2 heterocycles. The number of aryl methyl sites for hydroxylation is 1. The molecule has 0 bridgehead atoms. The molecule has 0 amide bonds. The van der Waals surface area contributed by atoms with E-state index >= 15 is 0 Å². The molecule has 2 aromatic heterocycles. The van der Waals surface area contributed by atoms with E-state index in [-0.39, 0.29) is 0 Å². The Morgan fingerprint density at radius 3 is 3.00 bits per heavy atom. The number of halogens is 1. The number of hydrogen-bond donors (Lipinski definition) is 1. The number of hydrogen-bond acceptors (Lipinski definition) is 4. The number of imidazole rings is 1. The summed E-state index contributed by atoms with van der Waals surface area (Å²) < 4.78 is 8.33. The zero-order chi connectivity index (χ0) is 13.0. The quantitative estimate of drug-likeness (QED) is 0.883. The Morgan fingerprint density at radius 2 is 2.33 bits per heavy atom. The molecule has 98 valence electrons. The Labute approximate surface area is 119 Å². The van der Waals surface area contributed by atoms with Crippen LogP contribution >= 0.6 is 27.3 Å². The molecule has 0 aromatic carbocycles. The second-order valence-corrected chi connectivity index (χ2v) is 6.50. The topological polar surface area (TPSA) is 39.1 Å². The maximum atomic E-state index is 5.10. The van der Waals surface area contributed by atoms with Crippen LogP contribution in [0.5, 0.6) is 0 Å². The largest absolute Gasteiger partial charge is 0.383 e. The summed E-state index contributed by atoms with van der Waals surface area (Å²) >= 11 is 5.19. The van der Waals surface area contributed by atoms with E-state index in [1.807, 2.05) is 13.1 Å². The molecule has 4 nitrogen and oxygen atoms in total. The zero-order valence-corrected chi connectivity index (χ0v) is 12.8. The predicted octanol–water partition coefficient (Wildman–Crippen LogP) is 3.27. The van der Waals surface area contributed by atoms with Gasteiger partial charge in [0.1, 0.15) is 0 Å². The van der Waals surface area contributed by atoms with Crippen molar-refractivity contribution in [1.29, 1.82) is 0 Å². The van der Waals surface area contributed by atoms with E-state index in [1.54, 1.807) is 18.4 Å². The van der Waals surface area contributed by atoms with Crippen molar-refractivity contribution < 1.29 is 4.74 Å². The second-order valence-electron chi connectivity index (χ2n) is 3.95. The fourth-order valence-electron chi connectivity index (χ4n) is 1.66. The van der Waals surface area contributed by atoms with E-state index < -0.39 is 0 Å². The van der Waals surface area contributed by atoms with Crippen molar-refractivity contribution in [3.8, 4) is 0 Å². The third-order valence-corrected chi connectivity index (χ3v) is 4.11. The van der Waals surface area contributed by atoms with Crippen LogP contribution in [0.2, 0.25) is 0 Å². The van der Waals surface area contributed by atoms with Crippen LogP contribution in [0.1, 0.15) is 10.6 Å². The lowest BCUT2D eigenvalue weighted by Gasteiger charge is -2.08. The van der Waals surface area contributed by atoms with Gasteiger partial charge in [-0.25, -0.2) is 4.98 Å². The van der Waals surface area contributed by atoms with Crippen molar-refractivity contribution in [1.82, 2.24) is 9.55 Å². The fraction of sp³-hybridized carbons (Fsp3) is 0.417. The normalized spacial score (nSPS) is 10.8. The van der Waals surface area contributed by atoms with Gasteiger partial charge in [-0.3, -0.25) is 0 Å². The molecule has 0 radical (unpaired) electrons. The van der Waals surface area contributed by atoms with Crippen LogP contribution in [0.3, 0.4) is 0 Å². The fourth-order valence-corrected chi connectivity index (χ4v) is 3.08. The molecule has 0 spiro atoms. The van der Waals surface area contributed by atoms with Crippen molar-refractivity contribution >= 4 is 33.2 Å². The molecule has 2 aromatic rings. The number of nitrogens with one attached hydrogen (secondary N) is 1. The Bertz CT molecular complexity index is 509. The third kappa shape index (κ3) is 3.57. The lowest BCUT2D eigenvalue weighted by Crippen LogP contribution is -2.09. The minimum absolute atomic E-state index is 0.690. The standard InChI is InChI=1S/C12H16BrN3OS/c1-9-8-16(5-6-17-2)12(15-9)14-7-10-3-4-11(13)18-10/h3-4,8H,5-7H2,1-2H3,(H,14,15). The minimum atomic E-state index is 0.690. The van der Waals surface area contributed by atoms with Crippen LogP contribution in [-0.4, -0.2) is 23.3 Å². The number of rotatable bonds is 6. The zero-order valence-electron chi connectivity index (χ0n) is 10.4. The monoisotopic (exact) mass is 329 g/mol. The van der Waals surface area contributed by atoms with Gasteiger partial charge in [0.2, 0.25) is 5.95 Å². The summed E-state index contributed by atoms with van der Waals surface area (Å²) in [5.41, 5.74) is 1.01. The van der Waals surface area contributed by atoms with Crippen LogP contribution in [0.15, 0.2) is 22.1 Å². The Hall–Kier alpha value is -0.850. The summed E-state index contributed by atoms with van der Waals surface area (Å²) in [6, 6.07) is 4.17. The van der Waals surface area contributed by atoms with Gasteiger partial charge in [0, 0.05) is 24.7 Å². The van der Waals surface area contributed by atoms with Crippen molar-refractivity contribution in [2.24, 2.45) is 0 Å². The van der Waals surface area contributed by atoms with Gasteiger partial charge in [-0.05, 0) is 35.0 Å². The van der Waals surface area contributed by atoms with Crippen molar-refractivity contribution in [2.45, 2.75) is 20.0 Å². The molecule has 0 saturated carbocycles. The van der Waals surface area contributed by atoms with E-state index in [0.717, 1.165) is 28.5 Å². The number of thiophene rings is 1. The molecule has 1 N–H and O–H groups in total. The summed E-state index contributed by atoms with van der Waals surface area (Å²) in [5.74, 6) is 0.897. The highest BCUT2D eigenvalue weighted by atomic mass is 79.9. The SMILES string of the molecule is COCCn1cc(C)nc1NCc1ccc(Br)s1. The highest BCUT2D eigenvalue weighted by Crippen LogP contribution is 2.22. The maximum Gasteiger partial charge on any atom is 0.203 e. The highest BCUT2D eigenvalue weighted by molar-refractivity contribution is 9.11. The van der Waals surface area contributed by atoms with Crippen LogP contribution < -0.4 is 5.32 Å². The molecular weight excluding hydrogens is 314 g/mol. The van der Waals surface area contributed by atoms with Crippen molar-refractivity contribution in [3.63, 3.8) is 0 Å². The molecule has 0 fully saturated rings.